The molecule has 0 unspecified atom stereocenters. The number of carbonyl (C=O) groups is 1. The lowest BCUT2D eigenvalue weighted by molar-refractivity contribution is -0.0826. The molecule has 2 aromatic rings. The number of carbonyl (C=O) groups excluding carboxylic acids is 1. The lowest BCUT2D eigenvalue weighted by Gasteiger charge is -2.47. The van der Waals surface area contributed by atoms with Gasteiger partial charge in [-0.2, -0.15) is 0 Å². The normalized spacial score (nSPS) is 15.5. The molecule has 4 N–H and O–H groups in total. The largest absolute Gasteiger partial charge is 0.394 e. The lowest BCUT2D eigenvalue weighted by atomic mass is 9.91. The van der Waals surface area contributed by atoms with Gasteiger partial charge in [0.2, 0.25) is 0 Å². The monoisotopic (exact) mass is 549 g/mol. The van der Waals surface area contributed by atoms with Gasteiger partial charge in [0.05, 0.1) is 31.1 Å². The van der Waals surface area contributed by atoms with Crippen LogP contribution in [-0.2, 0) is 0 Å². The SMILES string of the molecule is CC(C)(CO)NCC1(O)CN(C(=O)c2c(Nc3ccc(I)cc3F)ccc(F)c2F)C1. The first-order chi connectivity index (χ1) is 14.4. The van der Waals surface area contributed by atoms with E-state index in [2.05, 4.69) is 10.6 Å². The zero-order valence-corrected chi connectivity index (χ0v) is 19.1. The van der Waals surface area contributed by atoms with Crippen LogP contribution in [0, 0.1) is 21.0 Å². The van der Waals surface area contributed by atoms with Gasteiger partial charge in [0.1, 0.15) is 17.0 Å². The Bertz CT molecular complexity index is 997. The van der Waals surface area contributed by atoms with Crippen molar-refractivity contribution in [2.75, 3.05) is 31.6 Å². The Morgan fingerprint density at radius 2 is 1.81 bits per heavy atom. The quantitative estimate of drug-likeness (QED) is 0.400. The smallest absolute Gasteiger partial charge is 0.259 e. The second-order valence-electron chi connectivity index (χ2n) is 8.31. The Labute approximate surface area is 191 Å². The first-order valence-corrected chi connectivity index (χ1v) is 10.6. The molecule has 0 spiro atoms. The number of aliphatic hydroxyl groups excluding tert-OH is 1. The number of nitrogens with one attached hydrogen (secondary N) is 2. The first-order valence-electron chi connectivity index (χ1n) is 9.52. The van der Waals surface area contributed by atoms with Crippen LogP contribution < -0.4 is 10.6 Å². The summed E-state index contributed by atoms with van der Waals surface area (Å²) in [5.74, 6) is -3.99. The van der Waals surface area contributed by atoms with Gasteiger partial charge in [0.15, 0.2) is 11.6 Å². The molecule has 0 atom stereocenters. The van der Waals surface area contributed by atoms with Crippen molar-refractivity contribution in [3.8, 4) is 0 Å². The van der Waals surface area contributed by atoms with Crippen LogP contribution in [0.4, 0.5) is 24.5 Å². The molecule has 0 aliphatic carbocycles. The molecule has 1 heterocycles. The third kappa shape index (κ3) is 5.30. The van der Waals surface area contributed by atoms with Crippen molar-refractivity contribution in [3.05, 3.63) is 56.9 Å². The van der Waals surface area contributed by atoms with E-state index in [1.165, 1.54) is 23.1 Å². The van der Waals surface area contributed by atoms with E-state index in [-0.39, 0.29) is 37.6 Å². The minimum absolute atomic E-state index is 0.0102. The van der Waals surface area contributed by atoms with E-state index in [0.717, 1.165) is 6.07 Å². The molecule has 31 heavy (non-hydrogen) atoms. The molecule has 168 valence electrons. The van der Waals surface area contributed by atoms with Gasteiger partial charge in [-0.15, -0.1) is 0 Å². The molecule has 0 aromatic heterocycles. The Morgan fingerprint density at radius 3 is 2.42 bits per heavy atom. The van der Waals surface area contributed by atoms with E-state index < -0.39 is 40.1 Å². The van der Waals surface area contributed by atoms with Gasteiger partial charge in [-0.05, 0) is 66.8 Å². The minimum atomic E-state index is -1.35. The number of β-amino-alcohol motifs (C(OH)–C–C–N with tert-alkyl or cyclic N) is 1. The van der Waals surface area contributed by atoms with E-state index in [0.29, 0.717) is 3.57 Å². The molecule has 0 radical (unpaired) electrons. The summed E-state index contributed by atoms with van der Waals surface area (Å²) in [7, 11) is 0. The van der Waals surface area contributed by atoms with Crippen molar-refractivity contribution in [2.24, 2.45) is 0 Å². The van der Waals surface area contributed by atoms with Gasteiger partial charge in [-0.3, -0.25) is 4.79 Å². The molecule has 1 aliphatic rings. The van der Waals surface area contributed by atoms with Crippen molar-refractivity contribution < 1.29 is 28.2 Å². The molecule has 2 aromatic carbocycles. The third-order valence-electron chi connectivity index (χ3n) is 5.06. The molecule has 10 heteroatoms. The molecule has 1 fully saturated rings. The Morgan fingerprint density at radius 1 is 1.16 bits per heavy atom. The molecule has 1 saturated heterocycles. The summed E-state index contributed by atoms with van der Waals surface area (Å²) < 4.78 is 43.3. The number of benzene rings is 2. The number of nitrogens with zero attached hydrogens (tertiary/aromatic N) is 1. The number of rotatable bonds is 7. The van der Waals surface area contributed by atoms with Crippen LogP contribution in [0.3, 0.4) is 0 Å². The zero-order valence-electron chi connectivity index (χ0n) is 17.0. The van der Waals surface area contributed by atoms with Crippen molar-refractivity contribution in [1.29, 1.82) is 0 Å². The second kappa shape index (κ2) is 8.93. The van der Waals surface area contributed by atoms with Crippen LogP contribution in [0.2, 0.25) is 0 Å². The van der Waals surface area contributed by atoms with Crippen LogP contribution in [0.25, 0.3) is 0 Å². The highest BCUT2D eigenvalue weighted by molar-refractivity contribution is 14.1. The fraction of sp³-hybridized carbons (Fsp3) is 0.381. The Balaban J connectivity index is 1.79. The highest BCUT2D eigenvalue weighted by Gasteiger charge is 2.45. The minimum Gasteiger partial charge on any atom is -0.394 e. The number of anilines is 2. The van der Waals surface area contributed by atoms with Gasteiger partial charge in [0, 0.05) is 15.7 Å². The van der Waals surface area contributed by atoms with Gasteiger partial charge < -0.3 is 25.7 Å². The number of amides is 1. The van der Waals surface area contributed by atoms with Crippen LogP contribution in [0.1, 0.15) is 24.2 Å². The molecule has 1 amide bonds. The van der Waals surface area contributed by atoms with Crippen LogP contribution in [0.15, 0.2) is 30.3 Å². The Hall–Kier alpha value is -1.89. The van der Waals surface area contributed by atoms with Crippen molar-refractivity contribution in [3.63, 3.8) is 0 Å². The highest BCUT2D eigenvalue weighted by atomic mass is 127. The predicted octanol–water partition coefficient (Wildman–Crippen LogP) is 3.00. The maximum atomic E-state index is 14.6. The predicted molar refractivity (Wildman–Crippen MR) is 119 cm³/mol. The summed E-state index contributed by atoms with van der Waals surface area (Å²) in [5.41, 5.74) is -2.52. The molecule has 6 nitrogen and oxygen atoms in total. The maximum absolute atomic E-state index is 14.6. The molecule has 0 bridgehead atoms. The standard InChI is InChI=1S/C21H23F3IN3O3/c1-20(2,11-29)26-8-21(31)9-28(10-21)19(30)17-16(6-4-13(22)18(17)24)27-15-5-3-12(25)7-14(15)23/h3-7,26-27,29,31H,8-11H2,1-2H3. The van der Waals surface area contributed by atoms with Crippen LogP contribution in [0.5, 0.6) is 0 Å². The van der Waals surface area contributed by atoms with E-state index in [4.69, 9.17) is 0 Å². The van der Waals surface area contributed by atoms with Gasteiger partial charge in [-0.25, -0.2) is 13.2 Å². The molecule has 0 saturated carbocycles. The summed E-state index contributed by atoms with van der Waals surface area (Å²) in [5, 5.41) is 25.5. The highest BCUT2D eigenvalue weighted by Crippen LogP contribution is 2.31. The molecular formula is C21H23F3IN3O3. The van der Waals surface area contributed by atoms with Crippen molar-refractivity contribution in [1.82, 2.24) is 10.2 Å². The number of likely N-dealkylation sites (tertiary alicyclic amines) is 1. The summed E-state index contributed by atoms with van der Waals surface area (Å²) in [4.78, 5) is 14.1. The van der Waals surface area contributed by atoms with Gasteiger partial charge in [-0.1, -0.05) is 0 Å². The van der Waals surface area contributed by atoms with Crippen LogP contribution in [-0.4, -0.2) is 58.4 Å². The van der Waals surface area contributed by atoms with Crippen molar-refractivity contribution in [2.45, 2.75) is 25.0 Å². The number of halogens is 4. The average molecular weight is 549 g/mol. The van der Waals surface area contributed by atoms with E-state index in [1.54, 1.807) is 19.9 Å². The van der Waals surface area contributed by atoms with Gasteiger partial charge in [0.25, 0.3) is 5.91 Å². The first kappa shape index (κ1) is 23.8. The molecular weight excluding hydrogens is 526 g/mol. The maximum Gasteiger partial charge on any atom is 0.259 e. The summed E-state index contributed by atoms with van der Waals surface area (Å²) >= 11 is 1.94. The average Bonchev–Trinajstić information content (AvgIpc) is 2.69. The molecule has 1 aliphatic heterocycles. The second-order valence-corrected chi connectivity index (χ2v) is 9.56. The van der Waals surface area contributed by atoms with Crippen molar-refractivity contribution >= 4 is 39.9 Å². The lowest BCUT2D eigenvalue weighted by Crippen LogP contribution is -2.68. The summed E-state index contributed by atoms with van der Waals surface area (Å²) in [6.07, 6.45) is 0. The van der Waals surface area contributed by atoms with E-state index >= 15 is 0 Å². The van der Waals surface area contributed by atoms with E-state index in [9.17, 15) is 28.2 Å². The summed E-state index contributed by atoms with van der Waals surface area (Å²) in [6.45, 7) is 3.25. The fourth-order valence-corrected chi connectivity index (χ4v) is 3.59. The molecule has 3 rings (SSSR count). The summed E-state index contributed by atoms with van der Waals surface area (Å²) in [6, 6.07) is 6.35. The fourth-order valence-electron chi connectivity index (χ4n) is 3.14. The van der Waals surface area contributed by atoms with E-state index in [1.807, 2.05) is 22.6 Å². The topological polar surface area (TPSA) is 84.8 Å². The number of hydrogen-bond acceptors (Lipinski definition) is 5. The van der Waals surface area contributed by atoms with Gasteiger partial charge >= 0.3 is 0 Å². The third-order valence-corrected chi connectivity index (χ3v) is 5.73. The Kier molecular flexibility index (Phi) is 6.84. The zero-order chi connectivity index (χ0) is 23.0. The number of aliphatic hydroxyl groups is 2. The number of hydrogen-bond donors (Lipinski definition) is 4. The van der Waals surface area contributed by atoms with Crippen LogP contribution >= 0.6 is 22.6 Å².